The fraction of sp³-hybridized carbons (Fsp3) is 0.167. The van der Waals surface area contributed by atoms with Gasteiger partial charge in [-0.1, -0.05) is 15.9 Å². The highest BCUT2D eigenvalue weighted by Crippen LogP contribution is 2.21. The smallest absolute Gasteiger partial charge is 0.257 e. The molecule has 1 amide bonds. The Morgan fingerprint density at radius 3 is 2.69 bits per heavy atom. The first-order chi connectivity index (χ1) is 12.6. The molecule has 134 valence electrons. The Morgan fingerprint density at radius 2 is 2.00 bits per heavy atom. The van der Waals surface area contributed by atoms with Crippen LogP contribution in [0.15, 0.2) is 59.5 Å². The highest BCUT2D eigenvalue weighted by molar-refractivity contribution is 9.10. The molecule has 0 aliphatic rings. The maximum Gasteiger partial charge on any atom is 0.257 e. The molecule has 26 heavy (non-hydrogen) atoms. The number of hydrogen-bond donors (Lipinski definition) is 1. The minimum absolute atomic E-state index is 0.265. The molecule has 8 heteroatoms. The van der Waals surface area contributed by atoms with Crippen LogP contribution in [0.3, 0.4) is 0 Å². The van der Waals surface area contributed by atoms with Crippen molar-refractivity contribution in [2.24, 2.45) is 0 Å². The zero-order valence-corrected chi connectivity index (χ0v) is 15.6. The van der Waals surface area contributed by atoms with E-state index in [1.54, 1.807) is 36.3 Å². The number of carbonyl (C=O) groups excluding carboxylic acids is 1. The van der Waals surface area contributed by atoms with Gasteiger partial charge in [-0.05, 0) is 30.3 Å². The Hall–Kier alpha value is -2.71. The van der Waals surface area contributed by atoms with E-state index in [1.165, 1.54) is 6.20 Å². The summed E-state index contributed by atoms with van der Waals surface area (Å²) in [6.07, 6.45) is 4.81. The van der Waals surface area contributed by atoms with Crippen molar-refractivity contribution in [3.63, 3.8) is 0 Å². The second-order valence-corrected chi connectivity index (χ2v) is 6.30. The topological polar surface area (TPSA) is 78.3 Å². The summed E-state index contributed by atoms with van der Waals surface area (Å²) in [4.78, 5) is 16.5. The van der Waals surface area contributed by atoms with Gasteiger partial charge in [0.05, 0.1) is 30.6 Å². The van der Waals surface area contributed by atoms with Gasteiger partial charge in [0.1, 0.15) is 5.75 Å². The van der Waals surface area contributed by atoms with E-state index in [0.717, 1.165) is 4.47 Å². The van der Waals surface area contributed by atoms with Crippen LogP contribution in [0, 0.1) is 0 Å². The summed E-state index contributed by atoms with van der Waals surface area (Å²) < 4.78 is 13.3. The van der Waals surface area contributed by atoms with E-state index in [1.807, 2.05) is 24.3 Å². The summed E-state index contributed by atoms with van der Waals surface area (Å²) in [5.74, 6) is 0.816. The average Bonchev–Trinajstić information content (AvgIpc) is 3.10. The van der Waals surface area contributed by atoms with E-state index in [4.69, 9.17) is 9.47 Å². The van der Waals surface area contributed by atoms with Crippen LogP contribution < -0.4 is 10.1 Å². The van der Waals surface area contributed by atoms with Crippen LogP contribution >= 0.6 is 15.9 Å². The number of carbonyl (C=O) groups is 1. The van der Waals surface area contributed by atoms with E-state index < -0.39 is 0 Å². The molecule has 1 N–H and O–H groups in total. The molecule has 0 aliphatic carbocycles. The Labute approximate surface area is 159 Å². The summed E-state index contributed by atoms with van der Waals surface area (Å²) >= 11 is 3.37. The lowest BCUT2D eigenvalue weighted by molar-refractivity contribution is 0.102. The van der Waals surface area contributed by atoms with Crippen LogP contribution in [0.4, 0.5) is 5.69 Å². The zero-order chi connectivity index (χ0) is 18.4. The minimum Gasteiger partial charge on any atom is -0.439 e. The van der Waals surface area contributed by atoms with Gasteiger partial charge in [0.25, 0.3) is 5.91 Å². The molecule has 0 atom stereocenters. The number of halogens is 1. The van der Waals surface area contributed by atoms with Gasteiger partial charge in [-0.3, -0.25) is 9.48 Å². The zero-order valence-electron chi connectivity index (χ0n) is 14.1. The third-order valence-corrected chi connectivity index (χ3v) is 3.98. The van der Waals surface area contributed by atoms with Crippen molar-refractivity contribution in [3.05, 3.63) is 65.0 Å². The lowest BCUT2D eigenvalue weighted by atomic mass is 10.2. The molecule has 3 rings (SSSR count). The predicted molar refractivity (Wildman–Crippen MR) is 101 cm³/mol. The molecule has 2 aromatic heterocycles. The predicted octanol–water partition coefficient (Wildman–Crippen LogP) is 3.73. The van der Waals surface area contributed by atoms with Crippen molar-refractivity contribution in [2.75, 3.05) is 19.0 Å². The standard InChI is InChI=1S/C18H17BrN4O3/c1-25-9-8-23-12-15(11-21-23)22-18(24)13-2-7-17(20-10-13)26-16-5-3-14(19)4-6-16/h2-7,10-12H,8-9H2,1H3,(H,22,24). The molecule has 0 bridgehead atoms. The number of anilines is 1. The van der Waals surface area contributed by atoms with E-state index in [0.29, 0.717) is 36.0 Å². The highest BCUT2D eigenvalue weighted by Gasteiger charge is 2.09. The van der Waals surface area contributed by atoms with Crippen LogP contribution in [0.2, 0.25) is 0 Å². The molecule has 3 aromatic rings. The lowest BCUT2D eigenvalue weighted by Crippen LogP contribution is -2.11. The molecule has 0 radical (unpaired) electrons. The molecule has 1 aromatic carbocycles. The van der Waals surface area contributed by atoms with Crippen molar-refractivity contribution in [1.82, 2.24) is 14.8 Å². The number of rotatable bonds is 7. The molecule has 0 saturated heterocycles. The van der Waals surface area contributed by atoms with Crippen molar-refractivity contribution in [2.45, 2.75) is 6.54 Å². The van der Waals surface area contributed by atoms with Gasteiger partial charge in [0.2, 0.25) is 5.88 Å². The first-order valence-electron chi connectivity index (χ1n) is 7.86. The van der Waals surface area contributed by atoms with Gasteiger partial charge in [-0.15, -0.1) is 0 Å². The molecule has 2 heterocycles. The first-order valence-corrected chi connectivity index (χ1v) is 8.65. The van der Waals surface area contributed by atoms with Gasteiger partial charge in [-0.2, -0.15) is 5.10 Å². The monoisotopic (exact) mass is 416 g/mol. The molecular weight excluding hydrogens is 400 g/mol. The number of amides is 1. The number of nitrogens with one attached hydrogen (secondary N) is 1. The Balaban J connectivity index is 1.59. The highest BCUT2D eigenvalue weighted by atomic mass is 79.9. The number of benzene rings is 1. The fourth-order valence-electron chi connectivity index (χ4n) is 2.14. The Bertz CT molecular complexity index is 863. The van der Waals surface area contributed by atoms with Crippen molar-refractivity contribution in [1.29, 1.82) is 0 Å². The normalized spacial score (nSPS) is 10.5. The Kier molecular flexibility index (Phi) is 5.98. The summed E-state index contributed by atoms with van der Waals surface area (Å²) in [5, 5.41) is 6.93. The molecule has 0 saturated carbocycles. The third-order valence-electron chi connectivity index (χ3n) is 3.45. The third kappa shape index (κ3) is 4.90. The summed E-state index contributed by atoms with van der Waals surface area (Å²) in [6, 6.07) is 10.7. The van der Waals surface area contributed by atoms with Crippen molar-refractivity contribution < 1.29 is 14.3 Å². The molecule has 7 nitrogen and oxygen atoms in total. The van der Waals surface area contributed by atoms with E-state index in [-0.39, 0.29) is 5.91 Å². The molecular formula is C18H17BrN4O3. The first kappa shape index (κ1) is 18.1. The van der Waals surface area contributed by atoms with E-state index >= 15 is 0 Å². The number of methoxy groups -OCH3 is 1. The largest absolute Gasteiger partial charge is 0.439 e. The van der Waals surface area contributed by atoms with E-state index in [2.05, 4.69) is 31.3 Å². The second-order valence-electron chi connectivity index (χ2n) is 5.38. The van der Waals surface area contributed by atoms with Crippen LogP contribution in [0.1, 0.15) is 10.4 Å². The number of aromatic nitrogens is 3. The maximum absolute atomic E-state index is 12.3. The van der Waals surface area contributed by atoms with Crippen LogP contribution in [-0.4, -0.2) is 34.4 Å². The summed E-state index contributed by atoms with van der Waals surface area (Å²) in [5.41, 5.74) is 1.04. The van der Waals surface area contributed by atoms with Crippen molar-refractivity contribution >= 4 is 27.5 Å². The SMILES string of the molecule is COCCn1cc(NC(=O)c2ccc(Oc3ccc(Br)cc3)nc2)cn1. The van der Waals surface area contributed by atoms with Gasteiger partial charge in [0, 0.05) is 30.0 Å². The molecule has 0 fully saturated rings. The maximum atomic E-state index is 12.3. The van der Waals surface area contributed by atoms with Crippen LogP contribution in [-0.2, 0) is 11.3 Å². The quantitative estimate of drug-likeness (QED) is 0.634. The van der Waals surface area contributed by atoms with Crippen LogP contribution in [0.25, 0.3) is 0 Å². The van der Waals surface area contributed by atoms with Gasteiger partial charge in [-0.25, -0.2) is 4.98 Å². The van der Waals surface area contributed by atoms with Crippen molar-refractivity contribution in [3.8, 4) is 11.6 Å². The molecule has 0 unspecified atom stereocenters. The van der Waals surface area contributed by atoms with Crippen LogP contribution in [0.5, 0.6) is 11.6 Å². The molecule has 0 aliphatic heterocycles. The van der Waals surface area contributed by atoms with E-state index in [9.17, 15) is 4.79 Å². The fourth-order valence-corrected chi connectivity index (χ4v) is 2.40. The van der Waals surface area contributed by atoms with Gasteiger partial charge < -0.3 is 14.8 Å². The second kappa shape index (κ2) is 8.59. The molecule has 0 spiro atoms. The summed E-state index contributed by atoms with van der Waals surface area (Å²) in [7, 11) is 1.63. The van der Waals surface area contributed by atoms with Gasteiger partial charge >= 0.3 is 0 Å². The number of hydrogen-bond acceptors (Lipinski definition) is 5. The van der Waals surface area contributed by atoms with Gasteiger partial charge in [0.15, 0.2) is 0 Å². The summed E-state index contributed by atoms with van der Waals surface area (Å²) in [6.45, 7) is 1.18. The lowest BCUT2D eigenvalue weighted by Gasteiger charge is -2.06. The number of pyridine rings is 1. The minimum atomic E-state index is -0.265. The number of nitrogens with zero attached hydrogens (tertiary/aromatic N) is 3. The average molecular weight is 417 g/mol. The Morgan fingerprint density at radius 1 is 1.19 bits per heavy atom. The number of ether oxygens (including phenoxy) is 2.